The third-order valence-electron chi connectivity index (χ3n) is 2.06. The molecule has 0 bridgehead atoms. The molecule has 0 heterocycles. The molecule has 8 heteroatoms. The maximum Gasteiger partial charge on any atom is 0.573 e. The Labute approximate surface area is 104 Å². The van der Waals surface area contributed by atoms with Crippen LogP contribution in [0, 0.1) is 0 Å². The molecule has 0 radical (unpaired) electrons. The van der Waals surface area contributed by atoms with E-state index in [-0.39, 0.29) is 0 Å². The Kier molecular flexibility index (Phi) is 4.12. The number of benzene rings is 1. The molecule has 19 heavy (non-hydrogen) atoms. The Balaban J connectivity index is 3.19. The van der Waals surface area contributed by atoms with E-state index in [1.54, 1.807) is 0 Å². The normalized spacial score (nSPS) is 12.4. The lowest BCUT2D eigenvalue weighted by atomic mass is 10.0. The lowest BCUT2D eigenvalue weighted by Crippen LogP contribution is -2.18. The summed E-state index contributed by atoms with van der Waals surface area (Å²) in [5.74, 6) is -1.40. The van der Waals surface area contributed by atoms with E-state index in [1.165, 1.54) is 0 Å². The molecule has 0 aliphatic rings. The van der Waals surface area contributed by atoms with Gasteiger partial charge in [-0.15, -0.1) is 13.2 Å². The molecular weight excluding hydrogens is 278 g/mol. The molecule has 0 atom stereocenters. The summed E-state index contributed by atoms with van der Waals surface area (Å²) in [6.45, 7) is 1.04. The number of halogens is 6. The highest BCUT2D eigenvalue weighted by molar-refractivity contribution is 5.78. The van der Waals surface area contributed by atoms with Crippen LogP contribution in [0.2, 0.25) is 0 Å². The Bertz CT molecular complexity index is 475. The first-order valence-electron chi connectivity index (χ1n) is 4.94. The first-order valence-corrected chi connectivity index (χ1v) is 4.94. The van der Waals surface area contributed by atoms with Crippen LogP contribution in [-0.2, 0) is 17.4 Å². The van der Waals surface area contributed by atoms with Crippen molar-refractivity contribution in [2.24, 2.45) is 0 Å². The zero-order valence-corrected chi connectivity index (χ0v) is 9.52. The van der Waals surface area contributed by atoms with Crippen molar-refractivity contribution in [2.45, 2.75) is 25.9 Å². The van der Waals surface area contributed by atoms with Gasteiger partial charge in [-0.05, 0) is 30.7 Å². The molecule has 0 aliphatic heterocycles. The Morgan fingerprint density at radius 3 is 2.16 bits per heavy atom. The van der Waals surface area contributed by atoms with Gasteiger partial charge < -0.3 is 4.74 Å². The van der Waals surface area contributed by atoms with E-state index in [4.69, 9.17) is 0 Å². The van der Waals surface area contributed by atoms with Gasteiger partial charge in [0.05, 0.1) is 5.56 Å². The van der Waals surface area contributed by atoms with Gasteiger partial charge in [0, 0.05) is 6.42 Å². The van der Waals surface area contributed by atoms with Gasteiger partial charge in [-0.2, -0.15) is 13.2 Å². The fourth-order valence-electron chi connectivity index (χ4n) is 1.46. The van der Waals surface area contributed by atoms with Crippen LogP contribution in [0.25, 0.3) is 0 Å². The van der Waals surface area contributed by atoms with Crippen molar-refractivity contribution in [3.63, 3.8) is 0 Å². The van der Waals surface area contributed by atoms with E-state index in [9.17, 15) is 31.1 Å². The van der Waals surface area contributed by atoms with Crippen LogP contribution in [0.5, 0.6) is 5.75 Å². The Morgan fingerprint density at radius 1 is 1.16 bits per heavy atom. The summed E-state index contributed by atoms with van der Waals surface area (Å²) in [4.78, 5) is 10.9. The van der Waals surface area contributed by atoms with E-state index in [0.29, 0.717) is 18.2 Å². The summed E-state index contributed by atoms with van der Waals surface area (Å²) in [6, 6.07) is 1.58. The number of Topliss-reactive ketones (excluding diaryl/α,β-unsaturated/α-hetero) is 1. The number of carbonyl (C=O) groups is 1. The summed E-state index contributed by atoms with van der Waals surface area (Å²) in [5.41, 5.74) is -1.71. The van der Waals surface area contributed by atoms with Gasteiger partial charge in [0.25, 0.3) is 0 Å². The molecule has 0 spiro atoms. The second kappa shape index (κ2) is 5.10. The van der Waals surface area contributed by atoms with Crippen molar-refractivity contribution >= 4 is 5.78 Å². The maximum atomic E-state index is 12.6. The zero-order chi connectivity index (χ0) is 14.8. The van der Waals surface area contributed by atoms with Crippen LogP contribution < -0.4 is 4.74 Å². The standard InChI is InChI=1S/C11H8F6O2/c1-6(18)4-7-5-8(19-11(15,16)17)2-3-9(7)10(12,13)14/h2-3,5H,4H2,1H3. The molecule has 2 nitrogen and oxygen atoms in total. The summed E-state index contributed by atoms with van der Waals surface area (Å²) >= 11 is 0. The average Bonchev–Trinajstić information content (AvgIpc) is 2.11. The van der Waals surface area contributed by atoms with Crippen LogP contribution in [0.15, 0.2) is 18.2 Å². The van der Waals surface area contributed by atoms with Gasteiger partial charge in [-0.3, -0.25) is 4.79 Å². The van der Waals surface area contributed by atoms with Gasteiger partial charge >= 0.3 is 12.5 Å². The molecule has 0 saturated carbocycles. The van der Waals surface area contributed by atoms with Gasteiger partial charge in [-0.25, -0.2) is 0 Å². The maximum absolute atomic E-state index is 12.6. The summed E-state index contributed by atoms with van der Waals surface area (Å²) in [5, 5.41) is 0. The lowest BCUT2D eigenvalue weighted by molar-refractivity contribution is -0.274. The fourth-order valence-corrected chi connectivity index (χ4v) is 1.46. The van der Waals surface area contributed by atoms with Crippen LogP contribution in [0.1, 0.15) is 18.1 Å². The van der Waals surface area contributed by atoms with Crippen molar-refractivity contribution in [1.82, 2.24) is 0 Å². The average molecular weight is 286 g/mol. The number of rotatable bonds is 3. The summed E-state index contributed by atoms with van der Waals surface area (Å²) < 4.78 is 77.2. The zero-order valence-electron chi connectivity index (χ0n) is 9.52. The number of ketones is 1. The molecule has 0 unspecified atom stereocenters. The van der Waals surface area contributed by atoms with Crippen LogP contribution in [0.3, 0.4) is 0 Å². The van der Waals surface area contributed by atoms with Gasteiger partial charge in [-0.1, -0.05) is 0 Å². The van der Waals surface area contributed by atoms with E-state index >= 15 is 0 Å². The van der Waals surface area contributed by atoms with Crippen molar-refractivity contribution < 1.29 is 35.9 Å². The second-order valence-electron chi connectivity index (χ2n) is 3.74. The molecule has 0 aromatic heterocycles. The SMILES string of the molecule is CC(=O)Cc1cc(OC(F)(F)F)ccc1C(F)(F)F. The monoisotopic (exact) mass is 286 g/mol. The highest BCUT2D eigenvalue weighted by atomic mass is 19.4. The van der Waals surface area contributed by atoms with Crippen molar-refractivity contribution in [2.75, 3.05) is 0 Å². The largest absolute Gasteiger partial charge is 0.573 e. The van der Waals surface area contributed by atoms with Crippen LogP contribution in [-0.4, -0.2) is 12.1 Å². The van der Waals surface area contributed by atoms with Crippen LogP contribution >= 0.6 is 0 Å². The first kappa shape index (κ1) is 15.3. The fraction of sp³-hybridized carbons (Fsp3) is 0.364. The number of alkyl halides is 6. The van der Waals surface area contributed by atoms with E-state index in [2.05, 4.69) is 4.74 Å². The minimum Gasteiger partial charge on any atom is -0.406 e. The van der Waals surface area contributed by atoms with Gasteiger partial charge in [0.2, 0.25) is 0 Å². The van der Waals surface area contributed by atoms with E-state index in [0.717, 1.165) is 6.92 Å². The van der Waals surface area contributed by atoms with Crippen molar-refractivity contribution in [3.8, 4) is 5.75 Å². The molecule has 1 rings (SSSR count). The highest BCUT2D eigenvalue weighted by Crippen LogP contribution is 2.35. The first-order chi connectivity index (χ1) is 8.49. The van der Waals surface area contributed by atoms with Crippen molar-refractivity contribution in [3.05, 3.63) is 29.3 Å². The predicted octanol–water partition coefficient (Wildman–Crippen LogP) is 3.74. The number of hydrogen-bond acceptors (Lipinski definition) is 2. The minimum atomic E-state index is -5.01. The molecule has 0 amide bonds. The molecule has 0 fully saturated rings. The van der Waals surface area contributed by atoms with Gasteiger partial charge in [0.1, 0.15) is 11.5 Å². The lowest BCUT2D eigenvalue weighted by Gasteiger charge is -2.15. The number of hydrogen-bond donors (Lipinski definition) is 0. The molecular formula is C11H8F6O2. The molecule has 1 aromatic carbocycles. The van der Waals surface area contributed by atoms with Crippen molar-refractivity contribution in [1.29, 1.82) is 0 Å². The molecule has 106 valence electrons. The third kappa shape index (κ3) is 4.80. The molecule has 0 aliphatic carbocycles. The van der Waals surface area contributed by atoms with Crippen LogP contribution in [0.4, 0.5) is 26.3 Å². The number of carbonyl (C=O) groups excluding carboxylic acids is 1. The third-order valence-corrected chi connectivity index (χ3v) is 2.06. The highest BCUT2D eigenvalue weighted by Gasteiger charge is 2.35. The smallest absolute Gasteiger partial charge is 0.406 e. The second-order valence-corrected chi connectivity index (χ2v) is 3.74. The Morgan fingerprint density at radius 2 is 1.74 bits per heavy atom. The topological polar surface area (TPSA) is 26.3 Å². The molecule has 0 saturated heterocycles. The predicted molar refractivity (Wildman–Crippen MR) is 52.5 cm³/mol. The summed E-state index contributed by atoms with van der Waals surface area (Å²) in [6.07, 6.45) is -10.4. The Hall–Kier alpha value is -1.73. The van der Waals surface area contributed by atoms with E-state index in [1.807, 2.05) is 0 Å². The minimum absolute atomic E-state index is 0.458. The quantitative estimate of drug-likeness (QED) is 0.791. The molecule has 1 aromatic rings. The van der Waals surface area contributed by atoms with Gasteiger partial charge in [0.15, 0.2) is 0 Å². The molecule has 0 N–H and O–H groups in total. The summed E-state index contributed by atoms with van der Waals surface area (Å²) in [7, 11) is 0. The number of ether oxygens (including phenoxy) is 1. The van der Waals surface area contributed by atoms with E-state index < -0.39 is 41.6 Å².